The predicted molar refractivity (Wildman–Crippen MR) is 110 cm³/mol. The number of pyridine rings is 1. The highest BCUT2D eigenvalue weighted by Crippen LogP contribution is 2.32. The van der Waals surface area contributed by atoms with Crippen molar-refractivity contribution < 1.29 is 0 Å². The van der Waals surface area contributed by atoms with Gasteiger partial charge >= 0.3 is 0 Å². The molecule has 134 valence electrons. The molecule has 0 atom stereocenters. The zero-order valence-corrected chi connectivity index (χ0v) is 15.6. The molecule has 0 aliphatic heterocycles. The Morgan fingerprint density at radius 2 is 1.44 bits per heavy atom. The molecule has 0 bridgehead atoms. The SMILES string of the molecule is CN(Cc1nc(-c2ccccc2)c(-c2ccccc2)n1C)c1ccccn1. The van der Waals surface area contributed by atoms with Crippen LogP contribution < -0.4 is 4.90 Å². The van der Waals surface area contributed by atoms with Gasteiger partial charge in [-0.1, -0.05) is 66.7 Å². The molecular weight excluding hydrogens is 332 g/mol. The Morgan fingerprint density at radius 1 is 0.815 bits per heavy atom. The molecule has 0 saturated carbocycles. The first kappa shape index (κ1) is 17.0. The predicted octanol–water partition coefficient (Wildman–Crippen LogP) is 4.79. The molecule has 0 spiro atoms. The molecule has 2 aromatic heterocycles. The second kappa shape index (κ2) is 7.46. The van der Waals surface area contributed by atoms with Gasteiger partial charge in [0, 0.05) is 31.4 Å². The zero-order chi connectivity index (χ0) is 18.6. The van der Waals surface area contributed by atoms with E-state index in [-0.39, 0.29) is 0 Å². The highest BCUT2D eigenvalue weighted by Gasteiger charge is 2.18. The summed E-state index contributed by atoms with van der Waals surface area (Å²) < 4.78 is 2.19. The van der Waals surface area contributed by atoms with Crippen molar-refractivity contribution in [3.05, 3.63) is 90.9 Å². The molecule has 2 aromatic carbocycles. The van der Waals surface area contributed by atoms with Crippen LogP contribution in [0.1, 0.15) is 5.82 Å². The van der Waals surface area contributed by atoms with Gasteiger partial charge in [0.15, 0.2) is 0 Å². The zero-order valence-electron chi connectivity index (χ0n) is 15.6. The van der Waals surface area contributed by atoms with Crippen molar-refractivity contribution >= 4 is 5.82 Å². The van der Waals surface area contributed by atoms with E-state index in [0.29, 0.717) is 6.54 Å². The highest BCUT2D eigenvalue weighted by molar-refractivity contribution is 5.79. The number of aromatic nitrogens is 3. The van der Waals surface area contributed by atoms with Gasteiger partial charge in [0.05, 0.1) is 17.9 Å². The van der Waals surface area contributed by atoms with E-state index < -0.39 is 0 Å². The van der Waals surface area contributed by atoms with Gasteiger partial charge in [-0.15, -0.1) is 0 Å². The van der Waals surface area contributed by atoms with E-state index >= 15 is 0 Å². The maximum absolute atomic E-state index is 5.02. The van der Waals surface area contributed by atoms with Gasteiger partial charge in [-0.25, -0.2) is 9.97 Å². The quantitative estimate of drug-likeness (QED) is 0.517. The lowest BCUT2D eigenvalue weighted by molar-refractivity contribution is 0.759. The number of benzene rings is 2. The lowest BCUT2D eigenvalue weighted by Gasteiger charge is -2.17. The normalized spacial score (nSPS) is 10.7. The standard InChI is InChI=1S/C23H22N4/c1-26(20-15-9-10-16-24-20)17-21-25-22(18-11-5-3-6-12-18)23(27(21)2)19-13-7-4-8-14-19/h3-16H,17H2,1-2H3. The Morgan fingerprint density at radius 3 is 2.07 bits per heavy atom. The minimum atomic E-state index is 0.681. The minimum absolute atomic E-state index is 0.681. The minimum Gasteiger partial charge on any atom is -0.352 e. The topological polar surface area (TPSA) is 34.0 Å². The molecule has 0 fully saturated rings. The van der Waals surface area contributed by atoms with Crippen LogP contribution in [0.5, 0.6) is 0 Å². The van der Waals surface area contributed by atoms with Crippen molar-refractivity contribution in [2.45, 2.75) is 6.54 Å². The summed E-state index contributed by atoms with van der Waals surface area (Å²) in [6.07, 6.45) is 1.81. The summed E-state index contributed by atoms with van der Waals surface area (Å²) in [4.78, 5) is 11.6. The Kier molecular flexibility index (Phi) is 4.71. The van der Waals surface area contributed by atoms with Gasteiger partial charge in [-0.3, -0.25) is 0 Å². The van der Waals surface area contributed by atoms with Crippen LogP contribution in [0.4, 0.5) is 5.82 Å². The smallest absolute Gasteiger partial charge is 0.129 e. The maximum Gasteiger partial charge on any atom is 0.129 e. The molecule has 0 unspecified atom stereocenters. The van der Waals surface area contributed by atoms with Crippen LogP contribution in [0, 0.1) is 0 Å². The molecule has 2 heterocycles. The van der Waals surface area contributed by atoms with Crippen LogP contribution in [-0.4, -0.2) is 21.6 Å². The molecule has 0 N–H and O–H groups in total. The lowest BCUT2D eigenvalue weighted by atomic mass is 10.1. The maximum atomic E-state index is 5.02. The van der Waals surface area contributed by atoms with Crippen LogP contribution in [0.2, 0.25) is 0 Å². The second-order valence-electron chi connectivity index (χ2n) is 6.56. The first-order valence-electron chi connectivity index (χ1n) is 9.02. The van der Waals surface area contributed by atoms with Crippen LogP contribution >= 0.6 is 0 Å². The third-order valence-electron chi connectivity index (χ3n) is 4.70. The van der Waals surface area contributed by atoms with Crippen molar-refractivity contribution in [1.82, 2.24) is 14.5 Å². The molecular formula is C23H22N4. The van der Waals surface area contributed by atoms with E-state index in [0.717, 1.165) is 34.2 Å². The first-order chi connectivity index (χ1) is 13.2. The van der Waals surface area contributed by atoms with Crippen molar-refractivity contribution in [2.24, 2.45) is 7.05 Å². The molecule has 0 radical (unpaired) electrons. The Hall–Kier alpha value is -3.40. The molecule has 4 heteroatoms. The summed E-state index contributed by atoms with van der Waals surface area (Å²) in [5, 5.41) is 0. The fourth-order valence-corrected chi connectivity index (χ4v) is 3.28. The van der Waals surface area contributed by atoms with Gasteiger partial charge in [-0.2, -0.15) is 0 Å². The van der Waals surface area contributed by atoms with Crippen molar-refractivity contribution in [3.8, 4) is 22.5 Å². The summed E-state index contributed by atoms with van der Waals surface area (Å²) in [7, 11) is 4.13. The van der Waals surface area contributed by atoms with E-state index in [2.05, 4.69) is 70.0 Å². The first-order valence-corrected chi connectivity index (χ1v) is 9.02. The Labute approximate surface area is 159 Å². The van der Waals surface area contributed by atoms with E-state index in [1.165, 1.54) is 0 Å². The molecule has 4 aromatic rings. The number of hydrogen-bond donors (Lipinski definition) is 0. The molecule has 0 aliphatic rings. The molecule has 27 heavy (non-hydrogen) atoms. The second-order valence-corrected chi connectivity index (χ2v) is 6.56. The van der Waals surface area contributed by atoms with Crippen LogP contribution in [-0.2, 0) is 13.6 Å². The van der Waals surface area contributed by atoms with Crippen molar-refractivity contribution in [1.29, 1.82) is 0 Å². The average Bonchev–Trinajstić information content (AvgIpc) is 3.06. The van der Waals surface area contributed by atoms with Gasteiger partial charge in [0.1, 0.15) is 11.6 Å². The van der Waals surface area contributed by atoms with E-state index in [1.54, 1.807) is 0 Å². The van der Waals surface area contributed by atoms with Crippen LogP contribution in [0.25, 0.3) is 22.5 Å². The van der Waals surface area contributed by atoms with E-state index in [4.69, 9.17) is 4.98 Å². The third-order valence-corrected chi connectivity index (χ3v) is 4.70. The Bertz CT molecular complexity index is 1010. The van der Waals surface area contributed by atoms with E-state index in [1.807, 2.05) is 43.6 Å². The number of rotatable bonds is 5. The van der Waals surface area contributed by atoms with Gasteiger partial charge in [0.25, 0.3) is 0 Å². The summed E-state index contributed by atoms with van der Waals surface area (Å²) in [6, 6.07) is 26.8. The van der Waals surface area contributed by atoms with Crippen LogP contribution in [0.15, 0.2) is 85.1 Å². The van der Waals surface area contributed by atoms with Crippen molar-refractivity contribution in [2.75, 3.05) is 11.9 Å². The summed E-state index contributed by atoms with van der Waals surface area (Å²) in [6.45, 7) is 0.681. The molecule has 0 aliphatic carbocycles. The van der Waals surface area contributed by atoms with Crippen LogP contribution in [0.3, 0.4) is 0 Å². The fourth-order valence-electron chi connectivity index (χ4n) is 3.28. The average molecular weight is 354 g/mol. The number of nitrogens with zero attached hydrogens (tertiary/aromatic N) is 4. The van der Waals surface area contributed by atoms with Gasteiger partial charge < -0.3 is 9.47 Å². The number of imidazole rings is 1. The molecule has 4 nitrogen and oxygen atoms in total. The molecule has 0 amide bonds. The Balaban J connectivity index is 1.79. The van der Waals surface area contributed by atoms with Gasteiger partial charge in [0.2, 0.25) is 0 Å². The highest BCUT2D eigenvalue weighted by atomic mass is 15.2. The lowest BCUT2D eigenvalue weighted by Crippen LogP contribution is -2.20. The fraction of sp³-hybridized carbons (Fsp3) is 0.130. The summed E-state index contributed by atoms with van der Waals surface area (Å²) >= 11 is 0. The largest absolute Gasteiger partial charge is 0.352 e. The number of hydrogen-bond acceptors (Lipinski definition) is 3. The summed E-state index contributed by atoms with van der Waals surface area (Å²) in [5.74, 6) is 1.93. The molecule has 4 rings (SSSR count). The van der Waals surface area contributed by atoms with Crippen molar-refractivity contribution in [3.63, 3.8) is 0 Å². The number of anilines is 1. The summed E-state index contributed by atoms with van der Waals surface area (Å²) in [5.41, 5.74) is 4.43. The molecule has 0 saturated heterocycles. The van der Waals surface area contributed by atoms with E-state index in [9.17, 15) is 0 Å². The third kappa shape index (κ3) is 3.47. The van der Waals surface area contributed by atoms with Gasteiger partial charge in [-0.05, 0) is 12.1 Å². The monoisotopic (exact) mass is 354 g/mol.